The van der Waals surface area contributed by atoms with E-state index < -0.39 is 0 Å². The Bertz CT molecular complexity index is 1020. The number of hydrogen-bond donors (Lipinski definition) is 2. The standard InChI is InChI=1S/C20H19N3O4S/c1-25-15-8-7-12(9-16(15)26-2)10-21-19(24)23-20-22-18-13-5-3-4-6-14(13)27-11-17(18)28-20/h3-9H,10-11H2,1-2H3,(H2,21,22,23,24). The molecule has 2 aromatic carbocycles. The van der Waals surface area contributed by atoms with E-state index in [1.165, 1.54) is 11.3 Å². The van der Waals surface area contributed by atoms with Crippen LogP contribution in [0.3, 0.4) is 0 Å². The van der Waals surface area contributed by atoms with Gasteiger partial charge in [0.2, 0.25) is 0 Å². The van der Waals surface area contributed by atoms with Gasteiger partial charge in [-0.15, -0.1) is 0 Å². The lowest BCUT2D eigenvalue weighted by Gasteiger charge is -2.15. The van der Waals surface area contributed by atoms with Crippen LogP contribution >= 0.6 is 11.3 Å². The predicted molar refractivity (Wildman–Crippen MR) is 107 cm³/mol. The molecule has 2 heterocycles. The van der Waals surface area contributed by atoms with Crippen LogP contribution in [-0.2, 0) is 13.2 Å². The van der Waals surface area contributed by atoms with Gasteiger partial charge in [-0.25, -0.2) is 9.78 Å². The molecule has 0 bridgehead atoms. The molecule has 8 heteroatoms. The van der Waals surface area contributed by atoms with Crippen molar-refractivity contribution < 1.29 is 19.0 Å². The third-order valence-corrected chi connectivity index (χ3v) is 5.26. The van der Waals surface area contributed by atoms with Gasteiger partial charge in [-0.1, -0.05) is 29.5 Å². The van der Waals surface area contributed by atoms with Crippen LogP contribution in [0, 0.1) is 0 Å². The number of aromatic nitrogens is 1. The molecule has 144 valence electrons. The number of para-hydroxylation sites is 1. The third-order valence-electron chi connectivity index (χ3n) is 4.32. The lowest BCUT2D eigenvalue weighted by Crippen LogP contribution is -2.28. The van der Waals surface area contributed by atoms with Gasteiger partial charge >= 0.3 is 6.03 Å². The third kappa shape index (κ3) is 3.59. The summed E-state index contributed by atoms with van der Waals surface area (Å²) in [4.78, 5) is 17.8. The number of nitrogens with one attached hydrogen (secondary N) is 2. The van der Waals surface area contributed by atoms with E-state index in [0.717, 1.165) is 27.4 Å². The van der Waals surface area contributed by atoms with E-state index in [1.807, 2.05) is 36.4 Å². The van der Waals surface area contributed by atoms with Gasteiger partial charge in [0.15, 0.2) is 16.6 Å². The molecule has 0 fully saturated rings. The fourth-order valence-electron chi connectivity index (χ4n) is 2.96. The summed E-state index contributed by atoms with van der Waals surface area (Å²) < 4.78 is 16.2. The second kappa shape index (κ2) is 7.77. The van der Waals surface area contributed by atoms with Crippen molar-refractivity contribution in [3.63, 3.8) is 0 Å². The highest BCUT2D eigenvalue weighted by Crippen LogP contribution is 2.40. The SMILES string of the molecule is COc1ccc(CNC(=O)Nc2nc3c(s2)COc2ccccc2-3)cc1OC. The van der Waals surface area contributed by atoms with Gasteiger partial charge < -0.3 is 19.5 Å². The van der Waals surface area contributed by atoms with Gasteiger partial charge in [0.25, 0.3) is 0 Å². The minimum atomic E-state index is -0.324. The molecule has 0 radical (unpaired) electrons. The topological polar surface area (TPSA) is 81.7 Å². The van der Waals surface area contributed by atoms with E-state index in [2.05, 4.69) is 15.6 Å². The molecule has 0 aliphatic carbocycles. The van der Waals surface area contributed by atoms with Crippen molar-refractivity contribution in [1.29, 1.82) is 0 Å². The molecular weight excluding hydrogens is 378 g/mol. The number of fused-ring (bicyclic) bond motifs is 3. The van der Waals surface area contributed by atoms with Crippen molar-refractivity contribution in [1.82, 2.24) is 10.3 Å². The number of methoxy groups -OCH3 is 2. The van der Waals surface area contributed by atoms with E-state index in [4.69, 9.17) is 14.2 Å². The number of carbonyl (C=O) groups is 1. The number of urea groups is 1. The number of carbonyl (C=O) groups excluding carboxylic acids is 1. The number of ether oxygens (including phenoxy) is 3. The van der Waals surface area contributed by atoms with E-state index >= 15 is 0 Å². The largest absolute Gasteiger partial charge is 0.493 e. The van der Waals surface area contributed by atoms with Crippen molar-refractivity contribution in [2.75, 3.05) is 19.5 Å². The Kier molecular flexibility index (Phi) is 5.03. The van der Waals surface area contributed by atoms with Crippen LogP contribution < -0.4 is 24.8 Å². The fraction of sp³-hybridized carbons (Fsp3) is 0.200. The predicted octanol–water partition coefficient (Wildman–Crippen LogP) is 4.04. The maximum absolute atomic E-state index is 12.3. The van der Waals surface area contributed by atoms with E-state index in [-0.39, 0.29) is 6.03 Å². The van der Waals surface area contributed by atoms with Crippen LogP contribution in [-0.4, -0.2) is 25.2 Å². The monoisotopic (exact) mass is 397 g/mol. The Balaban J connectivity index is 1.41. The zero-order chi connectivity index (χ0) is 19.5. The molecule has 0 saturated carbocycles. The van der Waals surface area contributed by atoms with Gasteiger partial charge in [0.05, 0.1) is 24.8 Å². The highest BCUT2D eigenvalue weighted by molar-refractivity contribution is 7.16. The van der Waals surface area contributed by atoms with Crippen LogP contribution in [0.25, 0.3) is 11.3 Å². The van der Waals surface area contributed by atoms with E-state index in [0.29, 0.717) is 29.8 Å². The van der Waals surface area contributed by atoms with Crippen molar-refractivity contribution in [2.45, 2.75) is 13.2 Å². The number of rotatable bonds is 5. The van der Waals surface area contributed by atoms with Gasteiger partial charge in [0, 0.05) is 12.1 Å². The molecule has 28 heavy (non-hydrogen) atoms. The normalized spacial score (nSPS) is 11.6. The van der Waals surface area contributed by atoms with Gasteiger partial charge in [-0.05, 0) is 29.8 Å². The van der Waals surface area contributed by atoms with Crippen molar-refractivity contribution in [2.24, 2.45) is 0 Å². The van der Waals surface area contributed by atoms with Crippen LogP contribution in [0.4, 0.5) is 9.93 Å². The number of thiazole rings is 1. The summed E-state index contributed by atoms with van der Waals surface area (Å²) in [6, 6.07) is 12.9. The molecule has 0 atom stereocenters. The molecule has 1 aliphatic heterocycles. The summed E-state index contributed by atoms with van der Waals surface area (Å²) in [7, 11) is 3.16. The van der Waals surface area contributed by atoms with Crippen molar-refractivity contribution in [3.05, 3.63) is 52.9 Å². The molecule has 0 saturated heterocycles. The quantitative estimate of drug-likeness (QED) is 0.679. The zero-order valence-corrected chi connectivity index (χ0v) is 16.3. The Labute approximate surface area is 166 Å². The summed E-state index contributed by atoms with van der Waals surface area (Å²) in [6.45, 7) is 0.808. The number of anilines is 1. The summed E-state index contributed by atoms with van der Waals surface area (Å²) in [5.41, 5.74) is 2.70. The molecule has 2 N–H and O–H groups in total. The van der Waals surface area contributed by atoms with Crippen LogP contribution in [0.15, 0.2) is 42.5 Å². The molecule has 1 aromatic heterocycles. The van der Waals surface area contributed by atoms with Crippen LogP contribution in [0.2, 0.25) is 0 Å². The van der Waals surface area contributed by atoms with Crippen molar-refractivity contribution >= 4 is 22.5 Å². The number of benzene rings is 2. The maximum Gasteiger partial charge on any atom is 0.321 e. The first-order valence-corrected chi connectivity index (χ1v) is 9.47. The van der Waals surface area contributed by atoms with Crippen molar-refractivity contribution in [3.8, 4) is 28.5 Å². The molecule has 7 nitrogen and oxygen atoms in total. The minimum absolute atomic E-state index is 0.324. The molecule has 2 amide bonds. The highest BCUT2D eigenvalue weighted by atomic mass is 32.1. The number of hydrogen-bond acceptors (Lipinski definition) is 6. The lowest BCUT2D eigenvalue weighted by atomic mass is 10.1. The van der Waals surface area contributed by atoms with E-state index in [1.54, 1.807) is 20.3 Å². The Morgan fingerprint density at radius 2 is 2.00 bits per heavy atom. The maximum atomic E-state index is 12.3. The Morgan fingerprint density at radius 3 is 2.82 bits per heavy atom. The molecule has 1 aliphatic rings. The first kappa shape index (κ1) is 18.1. The molecule has 3 aromatic rings. The lowest BCUT2D eigenvalue weighted by molar-refractivity contribution is 0.251. The van der Waals surface area contributed by atoms with E-state index in [9.17, 15) is 4.79 Å². The van der Waals surface area contributed by atoms with Gasteiger partial charge in [-0.3, -0.25) is 5.32 Å². The number of nitrogens with zero attached hydrogens (tertiary/aromatic N) is 1. The van der Waals surface area contributed by atoms with Gasteiger partial charge in [-0.2, -0.15) is 0 Å². The molecular formula is C20H19N3O4S. The fourth-order valence-corrected chi connectivity index (χ4v) is 3.84. The second-order valence-corrected chi connectivity index (χ2v) is 7.16. The molecule has 4 rings (SSSR count). The second-order valence-electron chi connectivity index (χ2n) is 6.07. The summed E-state index contributed by atoms with van der Waals surface area (Å²) in [6.07, 6.45) is 0. The highest BCUT2D eigenvalue weighted by Gasteiger charge is 2.22. The average molecular weight is 397 g/mol. The zero-order valence-electron chi connectivity index (χ0n) is 15.4. The summed E-state index contributed by atoms with van der Waals surface area (Å²) >= 11 is 1.42. The van der Waals surface area contributed by atoms with Gasteiger partial charge in [0.1, 0.15) is 12.4 Å². The average Bonchev–Trinajstić information content (AvgIpc) is 3.14. The van der Waals surface area contributed by atoms with Crippen LogP contribution in [0.1, 0.15) is 10.4 Å². The molecule has 0 unspecified atom stereocenters. The molecule has 0 spiro atoms. The smallest absolute Gasteiger partial charge is 0.321 e. The Hall–Kier alpha value is -3.26. The minimum Gasteiger partial charge on any atom is -0.493 e. The summed E-state index contributed by atoms with van der Waals surface area (Å²) in [5.74, 6) is 2.07. The summed E-state index contributed by atoms with van der Waals surface area (Å²) in [5, 5.41) is 6.16. The van der Waals surface area contributed by atoms with Crippen LogP contribution in [0.5, 0.6) is 17.2 Å². The first-order valence-electron chi connectivity index (χ1n) is 8.65. The first-order chi connectivity index (χ1) is 13.7. The number of amides is 2. The Morgan fingerprint density at radius 1 is 1.18 bits per heavy atom.